The van der Waals surface area contributed by atoms with Crippen LogP contribution >= 0.6 is 11.6 Å². The maximum atomic E-state index is 13.9. The van der Waals surface area contributed by atoms with Crippen LogP contribution < -0.4 is 16.4 Å². The molecular formula is C27H33ClN4O6. The van der Waals surface area contributed by atoms with Crippen LogP contribution in [0.25, 0.3) is 0 Å². The minimum Gasteiger partial charge on any atom is -0.508 e. The molecule has 1 aliphatic carbocycles. The predicted molar refractivity (Wildman–Crippen MR) is 143 cm³/mol. The summed E-state index contributed by atoms with van der Waals surface area (Å²) in [6.45, 7) is 6.74. The Bertz CT molecular complexity index is 1200. The van der Waals surface area contributed by atoms with Crippen LogP contribution in [0.2, 0.25) is 5.02 Å². The van der Waals surface area contributed by atoms with Crippen LogP contribution in [0.3, 0.4) is 0 Å². The van der Waals surface area contributed by atoms with Gasteiger partial charge in [-0.3, -0.25) is 14.4 Å². The molecule has 0 radical (unpaired) electrons. The molecular weight excluding hydrogens is 512 g/mol. The summed E-state index contributed by atoms with van der Waals surface area (Å²) >= 11 is 6.33. The van der Waals surface area contributed by atoms with E-state index in [-0.39, 0.29) is 17.4 Å². The normalized spacial score (nSPS) is 14.7. The van der Waals surface area contributed by atoms with E-state index >= 15 is 0 Å². The van der Waals surface area contributed by atoms with Crippen LogP contribution in [-0.2, 0) is 19.1 Å². The van der Waals surface area contributed by atoms with Crippen LogP contribution in [0.1, 0.15) is 57.2 Å². The van der Waals surface area contributed by atoms with Crippen LogP contribution in [0, 0.1) is 6.92 Å². The number of rotatable bonds is 9. The molecule has 0 aliphatic heterocycles. The van der Waals surface area contributed by atoms with Crippen LogP contribution in [0.15, 0.2) is 42.5 Å². The van der Waals surface area contributed by atoms with Gasteiger partial charge in [-0.25, -0.2) is 4.79 Å². The quantitative estimate of drug-likeness (QED) is 0.377. The Morgan fingerprint density at radius 2 is 1.79 bits per heavy atom. The summed E-state index contributed by atoms with van der Waals surface area (Å²) in [5.41, 5.74) is 5.78. The van der Waals surface area contributed by atoms with E-state index in [2.05, 4.69) is 10.6 Å². The van der Waals surface area contributed by atoms with Gasteiger partial charge in [-0.1, -0.05) is 41.9 Å². The lowest BCUT2D eigenvalue weighted by atomic mass is 10.0. The second kappa shape index (κ2) is 11.7. The maximum absolute atomic E-state index is 13.9. The highest BCUT2D eigenvalue weighted by Crippen LogP contribution is 2.39. The van der Waals surface area contributed by atoms with E-state index in [1.54, 1.807) is 58.0 Å². The number of phenolic OH excluding ortho intramolecular Hbond substituents is 1. The Balaban J connectivity index is 2.04. The van der Waals surface area contributed by atoms with Crippen molar-refractivity contribution in [2.45, 2.75) is 70.7 Å². The van der Waals surface area contributed by atoms with E-state index in [9.17, 15) is 24.3 Å². The van der Waals surface area contributed by atoms with E-state index in [4.69, 9.17) is 22.1 Å². The Labute approximate surface area is 226 Å². The van der Waals surface area contributed by atoms with Crippen molar-refractivity contribution in [2.24, 2.45) is 5.73 Å². The number of nitrogens with one attached hydrogen (secondary N) is 2. The highest BCUT2D eigenvalue weighted by molar-refractivity contribution is 6.34. The molecule has 2 unspecified atom stereocenters. The molecule has 2 aromatic carbocycles. The molecule has 204 valence electrons. The van der Waals surface area contributed by atoms with Gasteiger partial charge in [0.15, 0.2) is 0 Å². The molecule has 5 N–H and O–H groups in total. The number of alkyl carbamates (subject to hydrolysis) is 1. The third-order valence-corrected chi connectivity index (χ3v) is 6.13. The van der Waals surface area contributed by atoms with Gasteiger partial charge >= 0.3 is 6.09 Å². The second-order valence-electron chi connectivity index (χ2n) is 10.2. The molecule has 11 heteroatoms. The molecule has 2 aromatic rings. The van der Waals surface area contributed by atoms with E-state index in [1.165, 1.54) is 17.0 Å². The van der Waals surface area contributed by atoms with Crippen molar-refractivity contribution in [2.75, 3.05) is 5.32 Å². The molecule has 0 bridgehead atoms. The van der Waals surface area contributed by atoms with Gasteiger partial charge in [-0.15, -0.1) is 0 Å². The Morgan fingerprint density at radius 1 is 1.13 bits per heavy atom. The van der Waals surface area contributed by atoms with E-state index < -0.39 is 47.9 Å². The number of phenols is 1. The summed E-state index contributed by atoms with van der Waals surface area (Å²) in [6, 6.07) is 8.23. The SMILES string of the molecule is Cc1cccc(Cl)c1NC(=O)C(c1ccccc1O)N(C(=O)C(CC(N)=O)NC(=O)OC(C)(C)C)C1CC1. The number of anilines is 1. The number of amides is 4. The van der Waals surface area contributed by atoms with Crippen molar-refractivity contribution in [1.82, 2.24) is 10.2 Å². The number of halogens is 1. The number of aromatic hydroxyl groups is 1. The largest absolute Gasteiger partial charge is 0.508 e. The van der Waals surface area contributed by atoms with Crippen LogP contribution in [0.5, 0.6) is 5.75 Å². The average molecular weight is 545 g/mol. The summed E-state index contributed by atoms with van der Waals surface area (Å²) in [7, 11) is 0. The lowest BCUT2D eigenvalue weighted by Gasteiger charge is -2.34. The number of para-hydroxylation sites is 2. The van der Waals surface area contributed by atoms with Crippen molar-refractivity contribution in [1.29, 1.82) is 0 Å². The summed E-state index contributed by atoms with van der Waals surface area (Å²) < 4.78 is 5.27. The molecule has 4 amide bonds. The summed E-state index contributed by atoms with van der Waals surface area (Å²) in [5, 5.41) is 16.2. The minimum atomic E-state index is -1.40. The summed E-state index contributed by atoms with van der Waals surface area (Å²) in [5.74, 6) is -2.37. The fourth-order valence-corrected chi connectivity index (χ4v) is 4.29. The summed E-state index contributed by atoms with van der Waals surface area (Å²) in [4.78, 5) is 53.4. The number of ether oxygens (including phenoxy) is 1. The molecule has 1 fully saturated rings. The van der Waals surface area contributed by atoms with Gasteiger partial charge in [0.05, 0.1) is 17.1 Å². The van der Waals surface area contributed by atoms with Gasteiger partial charge in [0, 0.05) is 11.6 Å². The van der Waals surface area contributed by atoms with E-state index in [0.717, 1.165) is 0 Å². The Kier molecular flexibility index (Phi) is 8.88. The van der Waals surface area contributed by atoms with E-state index in [0.29, 0.717) is 29.1 Å². The molecule has 2 atom stereocenters. The number of aryl methyl sites for hydroxylation is 1. The summed E-state index contributed by atoms with van der Waals surface area (Å²) in [6.07, 6.45) is -0.253. The van der Waals surface area contributed by atoms with Crippen molar-refractivity contribution in [3.8, 4) is 5.75 Å². The van der Waals surface area contributed by atoms with Gasteiger partial charge in [0.1, 0.15) is 23.4 Å². The zero-order chi connectivity index (χ0) is 28.2. The molecule has 10 nitrogen and oxygen atoms in total. The fourth-order valence-electron chi connectivity index (χ4n) is 4.02. The van der Waals surface area contributed by atoms with E-state index in [1.807, 2.05) is 0 Å². The number of benzene rings is 2. The smallest absolute Gasteiger partial charge is 0.408 e. The monoisotopic (exact) mass is 544 g/mol. The second-order valence-corrected chi connectivity index (χ2v) is 10.6. The third kappa shape index (κ3) is 7.38. The van der Waals surface area contributed by atoms with Gasteiger partial charge in [0.2, 0.25) is 11.8 Å². The first kappa shape index (κ1) is 28.8. The number of nitrogens with zero attached hydrogens (tertiary/aromatic N) is 1. The molecule has 0 saturated heterocycles. The molecule has 0 heterocycles. The topological polar surface area (TPSA) is 151 Å². The average Bonchev–Trinajstić information content (AvgIpc) is 3.63. The van der Waals surface area contributed by atoms with Crippen LogP contribution in [-0.4, -0.2) is 51.5 Å². The number of carbonyl (C=O) groups is 4. The molecule has 0 aromatic heterocycles. The van der Waals surface area contributed by atoms with Gasteiger partial charge in [0.25, 0.3) is 5.91 Å². The zero-order valence-corrected chi connectivity index (χ0v) is 22.5. The molecule has 0 spiro atoms. The maximum Gasteiger partial charge on any atom is 0.408 e. The molecule has 38 heavy (non-hydrogen) atoms. The zero-order valence-electron chi connectivity index (χ0n) is 21.8. The molecule has 1 saturated carbocycles. The molecule has 3 rings (SSSR count). The number of hydrogen-bond acceptors (Lipinski definition) is 6. The van der Waals surface area contributed by atoms with Crippen molar-refractivity contribution in [3.05, 3.63) is 58.6 Å². The molecule has 1 aliphatic rings. The van der Waals surface area contributed by atoms with Gasteiger partial charge < -0.3 is 31.1 Å². The van der Waals surface area contributed by atoms with Crippen molar-refractivity contribution < 1.29 is 29.0 Å². The highest BCUT2D eigenvalue weighted by atomic mass is 35.5. The number of carbonyl (C=O) groups excluding carboxylic acids is 4. The third-order valence-electron chi connectivity index (χ3n) is 5.82. The van der Waals surface area contributed by atoms with Crippen molar-refractivity contribution >= 4 is 41.1 Å². The highest BCUT2D eigenvalue weighted by Gasteiger charge is 2.45. The predicted octanol–water partition coefficient (Wildman–Crippen LogP) is 3.79. The minimum absolute atomic E-state index is 0.171. The lowest BCUT2D eigenvalue weighted by molar-refractivity contribution is -0.142. The number of hydrogen-bond donors (Lipinski definition) is 4. The van der Waals surface area contributed by atoms with Gasteiger partial charge in [-0.2, -0.15) is 0 Å². The van der Waals surface area contributed by atoms with Crippen molar-refractivity contribution in [3.63, 3.8) is 0 Å². The Morgan fingerprint density at radius 3 is 2.34 bits per heavy atom. The fraction of sp³-hybridized carbons (Fsp3) is 0.407. The first-order valence-electron chi connectivity index (χ1n) is 12.2. The van der Waals surface area contributed by atoms with Gasteiger partial charge in [-0.05, 0) is 58.2 Å². The first-order valence-corrected chi connectivity index (χ1v) is 12.6. The number of nitrogens with two attached hydrogens (primary N) is 1. The Hall–Kier alpha value is -3.79. The van der Waals surface area contributed by atoms with Crippen LogP contribution in [0.4, 0.5) is 10.5 Å². The lowest BCUT2D eigenvalue weighted by Crippen LogP contribution is -2.54. The standard InChI is InChI=1S/C27H33ClN4O6/c1-15-8-7-10-18(28)22(15)31-24(35)23(17-9-5-6-11-20(17)33)32(16-12-13-16)25(36)19(14-21(29)34)30-26(37)38-27(2,3)4/h5-11,16,19,23,33H,12-14H2,1-4H3,(H2,29,34)(H,30,37)(H,31,35). The first-order chi connectivity index (χ1) is 17.8. The number of primary amides is 1.